The highest BCUT2D eigenvalue weighted by atomic mass is 32.1. The van der Waals surface area contributed by atoms with Crippen LogP contribution < -0.4 is 10.9 Å². The number of aromatic nitrogens is 3. The highest BCUT2D eigenvalue weighted by molar-refractivity contribution is 7.03. The molecule has 3 rings (SSSR count). The zero-order valence-corrected chi connectivity index (χ0v) is 12.5. The number of anilines is 1. The van der Waals surface area contributed by atoms with Crippen molar-refractivity contribution in [3.8, 4) is 11.3 Å². The van der Waals surface area contributed by atoms with Crippen molar-refractivity contribution in [2.75, 3.05) is 5.32 Å². The lowest BCUT2D eigenvalue weighted by molar-refractivity contribution is 0.102. The number of rotatable bonds is 3. The fourth-order valence-corrected chi connectivity index (χ4v) is 2.37. The van der Waals surface area contributed by atoms with Crippen LogP contribution in [0.1, 0.15) is 10.4 Å². The van der Waals surface area contributed by atoms with E-state index >= 15 is 0 Å². The van der Waals surface area contributed by atoms with Gasteiger partial charge in [0.1, 0.15) is 5.69 Å². The van der Waals surface area contributed by atoms with Crippen LogP contribution >= 0.6 is 11.5 Å². The lowest BCUT2D eigenvalue weighted by Gasteiger charge is -2.06. The van der Waals surface area contributed by atoms with Gasteiger partial charge < -0.3 is 9.88 Å². The third-order valence-electron chi connectivity index (χ3n) is 3.17. The standard InChI is InChI=1S/C15H12N4O2S/c1-19-7-6-11(8-14(19)20)15(21)16-12-4-2-10(3-5-12)13-9-22-18-17-13/h2-9H,1H3,(H,16,21). The smallest absolute Gasteiger partial charge is 0.255 e. The molecule has 0 spiro atoms. The van der Waals surface area contributed by atoms with Crippen LogP contribution in [0.5, 0.6) is 0 Å². The number of pyridine rings is 1. The Kier molecular flexibility index (Phi) is 3.80. The van der Waals surface area contributed by atoms with Crippen LogP contribution in [0, 0.1) is 0 Å². The van der Waals surface area contributed by atoms with Crippen molar-refractivity contribution >= 4 is 23.1 Å². The van der Waals surface area contributed by atoms with E-state index in [0.29, 0.717) is 11.3 Å². The van der Waals surface area contributed by atoms with Crippen molar-refractivity contribution in [1.29, 1.82) is 0 Å². The van der Waals surface area contributed by atoms with Crippen molar-refractivity contribution in [2.45, 2.75) is 0 Å². The molecule has 2 heterocycles. The topological polar surface area (TPSA) is 76.9 Å². The van der Waals surface area contributed by atoms with Crippen molar-refractivity contribution in [2.24, 2.45) is 7.05 Å². The van der Waals surface area contributed by atoms with Crippen LogP contribution in [0.25, 0.3) is 11.3 Å². The van der Waals surface area contributed by atoms with Gasteiger partial charge in [0.25, 0.3) is 11.5 Å². The number of carbonyl (C=O) groups is 1. The Morgan fingerprint density at radius 3 is 2.64 bits per heavy atom. The van der Waals surface area contributed by atoms with E-state index in [0.717, 1.165) is 11.3 Å². The summed E-state index contributed by atoms with van der Waals surface area (Å²) in [6.45, 7) is 0. The first-order chi connectivity index (χ1) is 10.6. The quantitative estimate of drug-likeness (QED) is 0.804. The van der Waals surface area contributed by atoms with E-state index in [4.69, 9.17) is 0 Å². The summed E-state index contributed by atoms with van der Waals surface area (Å²) in [5, 5.41) is 8.60. The molecule has 0 saturated heterocycles. The second kappa shape index (κ2) is 5.90. The minimum atomic E-state index is -0.319. The molecular weight excluding hydrogens is 300 g/mol. The number of aryl methyl sites for hydroxylation is 1. The third kappa shape index (κ3) is 2.94. The van der Waals surface area contributed by atoms with Gasteiger partial charge >= 0.3 is 0 Å². The average molecular weight is 312 g/mol. The Morgan fingerprint density at radius 2 is 2.00 bits per heavy atom. The number of amides is 1. The zero-order valence-electron chi connectivity index (χ0n) is 11.7. The van der Waals surface area contributed by atoms with E-state index in [1.165, 1.54) is 22.2 Å². The fourth-order valence-electron chi connectivity index (χ4n) is 1.91. The Balaban J connectivity index is 1.76. The van der Waals surface area contributed by atoms with Crippen LogP contribution in [-0.2, 0) is 7.05 Å². The van der Waals surface area contributed by atoms with E-state index in [2.05, 4.69) is 14.9 Å². The number of nitrogens with zero attached hydrogens (tertiary/aromatic N) is 3. The highest BCUT2D eigenvalue weighted by Gasteiger charge is 2.08. The number of carbonyl (C=O) groups excluding carboxylic acids is 1. The van der Waals surface area contributed by atoms with Crippen molar-refractivity contribution in [3.05, 3.63) is 63.9 Å². The van der Waals surface area contributed by atoms with Gasteiger partial charge in [0, 0.05) is 41.5 Å². The van der Waals surface area contributed by atoms with E-state index in [1.807, 2.05) is 17.5 Å². The Hall–Kier alpha value is -2.80. The summed E-state index contributed by atoms with van der Waals surface area (Å²) in [5.74, 6) is -0.319. The average Bonchev–Trinajstić information content (AvgIpc) is 3.05. The minimum Gasteiger partial charge on any atom is -0.322 e. The highest BCUT2D eigenvalue weighted by Crippen LogP contribution is 2.20. The molecule has 110 valence electrons. The molecule has 0 atom stereocenters. The Bertz CT molecular complexity index is 854. The lowest BCUT2D eigenvalue weighted by Crippen LogP contribution is -2.19. The SMILES string of the molecule is Cn1ccc(C(=O)Nc2ccc(-c3csnn3)cc2)cc1=O. The molecule has 0 fully saturated rings. The summed E-state index contributed by atoms with van der Waals surface area (Å²) in [5.41, 5.74) is 2.49. The molecule has 0 aliphatic heterocycles. The van der Waals surface area contributed by atoms with Crippen molar-refractivity contribution in [1.82, 2.24) is 14.2 Å². The number of hydrogen-bond acceptors (Lipinski definition) is 5. The Morgan fingerprint density at radius 1 is 1.23 bits per heavy atom. The van der Waals surface area contributed by atoms with Crippen LogP contribution in [0.3, 0.4) is 0 Å². The first-order valence-corrected chi connectivity index (χ1v) is 7.33. The largest absolute Gasteiger partial charge is 0.322 e. The molecule has 3 aromatic rings. The predicted molar refractivity (Wildman–Crippen MR) is 85.0 cm³/mol. The fraction of sp³-hybridized carbons (Fsp3) is 0.0667. The molecule has 22 heavy (non-hydrogen) atoms. The summed E-state index contributed by atoms with van der Waals surface area (Å²) in [4.78, 5) is 23.7. The summed E-state index contributed by atoms with van der Waals surface area (Å²) in [6.07, 6.45) is 1.57. The lowest BCUT2D eigenvalue weighted by atomic mass is 10.1. The van der Waals surface area contributed by atoms with Gasteiger partial charge in [0.05, 0.1) is 0 Å². The number of nitrogens with one attached hydrogen (secondary N) is 1. The molecule has 7 heteroatoms. The van der Waals surface area contributed by atoms with Crippen LogP contribution in [0.15, 0.2) is 52.8 Å². The van der Waals surface area contributed by atoms with E-state index in [1.54, 1.807) is 31.4 Å². The van der Waals surface area contributed by atoms with Crippen LogP contribution in [0.2, 0.25) is 0 Å². The molecule has 2 aromatic heterocycles. The van der Waals surface area contributed by atoms with Crippen LogP contribution in [-0.4, -0.2) is 20.1 Å². The maximum Gasteiger partial charge on any atom is 0.255 e. The molecule has 6 nitrogen and oxygen atoms in total. The first kappa shape index (κ1) is 14.2. The molecule has 1 aromatic carbocycles. The van der Waals surface area contributed by atoms with Gasteiger partial charge in [-0.15, -0.1) is 5.10 Å². The monoisotopic (exact) mass is 312 g/mol. The molecule has 1 N–H and O–H groups in total. The van der Waals surface area contributed by atoms with Gasteiger partial charge in [-0.3, -0.25) is 9.59 Å². The van der Waals surface area contributed by atoms with Gasteiger partial charge in [0.15, 0.2) is 0 Å². The summed E-state index contributed by atoms with van der Waals surface area (Å²) < 4.78 is 5.22. The summed E-state index contributed by atoms with van der Waals surface area (Å²) >= 11 is 1.29. The number of benzene rings is 1. The van der Waals surface area contributed by atoms with Crippen molar-refractivity contribution in [3.63, 3.8) is 0 Å². The van der Waals surface area contributed by atoms with Crippen LogP contribution in [0.4, 0.5) is 5.69 Å². The molecule has 0 radical (unpaired) electrons. The molecule has 0 aliphatic rings. The van der Waals surface area contributed by atoms with Gasteiger partial charge in [-0.1, -0.05) is 16.6 Å². The zero-order chi connectivity index (χ0) is 15.5. The third-order valence-corrected chi connectivity index (χ3v) is 3.67. The van der Waals surface area contributed by atoms with Crippen molar-refractivity contribution < 1.29 is 4.79 Å². The second-order valence-corrected chi connectivity index (χ2v) is 5.30. The minimum absolute atomic E-state index is 0.223. The molecular formula is C15H12N4O2S. The van der Waals surface area contributed by atoms with Gasteiger partial charge in [-0.25, -0.2) is 0 Å². The van der Waals surface area contributed by atoms with Gasteiger partial charge in [-0.05, 0) is 29.7 Å². The molecule has 0 saturated carbocycles. The predicted octanol–water partition coefficient (Wildman–Crippen LogP) is 2.16. The second-order valence-electron chi connectivity index (χ2n) is 4.69. The Labute approximate surface area is 130 Å². The molecule has 1 amide bonds. The van der Waals surface area contributed by atoms with E-state index in [-0.39, 0.29) is 11.5 Å². The van der Waals surface area contributed by atoms with Gasteiger partial charge in [0.2, 0.25) is 0 Å². The maximum atomic E-state index is 12.1. The first-order valence-electron chi connectivity index (χ1n) is 6.49. The summed E-state index contributed by atoms with van der Waals surface area (Å²) in [7, 11) is 1.63. The normalized spacial score (nSPS) is 10.4. The number of hydrogen-bond donors (Lipinski definition) is 1. The van der Waals surface area contributed by atoms with E-state index < -0.39 is 0 Å². The maximum absolute atomic E-state index is 12.1. The van der Waals surface area contributed by atoms with E-state index in [9.17, 15) is 9.59 Å². The summed E-state index contributed by atoms with van der Waals surface area (Å²) in [6, 6.07) is 10.2. The van der Waals surface area contributed by atoms with Gasteiger partial charge in [-0.2, -0.15) is 0 Å². The molecule has 0 aliphatic carbocycles. The molecule has 0 bridgehead atoms. The molecule has 0 unspecified atom stereocenters.